The molecule has 0 saturated carbocycles. The van der Waals surface area contributed by atoms with Gasteiger partial charge in [-0.15, -0.1) is 0 Å². The van der Waals surface area contributed by atoms with Crippen molar-refractivity contribution >= 4 is 11.6 Å². The SMILES string of the molecule is CN(/C=C(/C#N)C(=O)Nc1ccccc1C(F)(F)F)Cc1ccccc1. The zero-order valence-electron chi connectivity index (χ0n) is 13.9. The molecule has 0 saturated heterocycles. The number of alkyl halides is 3. The van der Waals surface area contributed by atoms with Crippen LogP contribution in [0.25, 0.3) is 0 Å². The Bertz CT molecular complexity index is 839. The van der Waals surface area contributed by atoms with Crippen LogP contribution in [-0.4, -0.2) is 17.9 Å². The van der Waals surface area contributed by atoms with E-state index in [-0.39, 0.29) is 5.57 Å². The van der Waals surface area contributed by atoms with Crippen molar-refractivity contribution in [3.8, 4) is 6.07 Å². The lowest BCUT2D eigenvalue weighted by molar-refractivity contribution is -0.137. The zero-order valence-corrected chi connectivity index (χ0v) is 13.9. The summed E-state index contributed by atoms with van der Waals surface area (Å²) in [5.41, 5.74) is -0.688. The first-order valence-electron chi connectivity index (χ1n) is 7.65. The van der Waals surface area contributed by atoms with Crippen molar-refractivity contribution in [2.45, 2.75) is 12.7 Å². The van der Waals surface area contributed by atoms with E-state index in [2.05, 4.69) is 5.32 Å². The lowest BCUT2D eigenvalue weighted by Crippen LogP contribution is -2.20. The van der Waals surface area contributed by atoms with Gasteiger partial charge in [0.05, 0.1) is 11.3 Å². The van der Waals surface area contributed by atoms with Crippen LogP contribution in [0.3, 0.4) is 0 Å². The molecule has 0 aliphatic rings. The number of amides is 1. The monoisotopic (exact) mass is 359 g/mol. The van der Waals surface area contributed by atoms with Crippen LogP contribution in [0.4, 0.5) is 18.9 Å². The molecule has 1 amide bonds. The van der Waals surface area contributed by atoms with Crippen LogP contribution < -0.4 is 5.32 Å². The minimum atomic E-state index is -4.61. The zero-order chi connectivity index (χ0) is 19.2. The molecule has 2 rings (SSSR count). The predicted octanol–water partition coefficient (Wildman–Crippen LogP) is 4.18. The van der Waals surface area contributed by atoms with Gasteiger partial charge < -0.3 is 10.2 Å². The molecule has 0 atom stereocenters. The van der Waals surface area contributed by atoms with E-state index in [1.165, 1.54) is 18.3 Å². The Balaban J connectivity index is 2.16. The van der Waals surface area contributed by atoms with Gasteiger partial charge in [0.1, 0.15) is 11.6 Å². The second kappa shape index (κ2) is 8.21. The Labute approximate surface area is 149 Å². The van der Waals surface area contributed by atoms with Gasteiger partial charge in [0.15, 0.2) is 0 Å². The van der Waals surface area contributed by atoms with E-state index in [0.29, 0.717) is 6.54 Å². The fourth-order valence-electron chi connectivity index (χ4n) is 2.30. The number of benzene rings is 2. The molecule has 26 heavy (non-hydrogen) atoms. The first-order valence-corrected chi connectivity index (χ1v) is 7.65. The molecule has 2 aromatic carbocycles. The first kappa shape index (κ1) is 19.1. The van der Waals surface area contributed by atoms with E-state index in [4.69, 9.17) is 0 Å². The fourth-order valence-corrected chi connectivity index (χ4v) is 2.30. The van der Waals surface area contributed by atoms with E-state index in [1.807, 2.05) is 30.3 Å². The number of anilines is 1. The van der Waals surface area contributed by atoms with E-state index in [9.17, 15) is 23.2 Å². The molecular formula is C19H16F3N3O. The van der Waals surface area contributed by atoms with Gasteiger partial charge in [0.25, 0.3) is 5.91 Å². The number of hydrogen-bond donors (Lipinski definition) is 1. The molecule has 4 nitrogen and oxygen atoms in total. The van der Waals surface area contributed by atoms with Gasteiger partial charge in [-0.3, -0.25) is 4.79 Å². The van der Waals surface area contributed by atoms with Crippen molar-refractivity contribution in [3.05, 3.63) is 77.5 Å². The van der Waals surface area contributed by atoms with Gasteiger partial charge in [0.2, 0.25) is 0 Å². The van der Waals surface area contributed by atoms with Crippen LogP contribution >= 0.6 is 0 Å². The Hall–Kier alpha value is -3.27. The summed E-state index contributed by atoms with van der Waals surface area (Å²) in [6.45, 7) is 0.443. The molecule has 1 N–H and O–H groups in total. The Morgan fingerprint density at radius 1 is 1.15 bits per heavy atom. The summed E-state index contributed by atoms with van der Waals surface area (Å²) in [6.07, 6.45) is -3.30. The fraction of sp³-hybridized carbons (Fsp3) is 0.158. The maximum Gasteiger partial charge on any atom is 0.418 e. The van der Waals surface area contributed by atoms with E-state index in [1.54, 1.807) is 18.0 Å². The molecule has 0 bridgehead atoms. The number of nitrogens with one attached hydrogen (secondary N) is 1. The number of hydrogen-bond acceptors (Lipinski definition) is 3. The largest absolute Gasteiger partial charge is 0.418 e. The molecule has 7 heteroatoms. The molecule has 0 radical (unpaired) electrons. The highest BCUT2D eigenvalue weighted by Crippen LogP contribution is 2.34. The molecule has 0 aromatic heterocycles. The molecular weight excluding hydrogens is 343 g/mol. The van der Waals surface area contributed by atoms with E-state index >= 15 is 0 Å². The van der Waals surface area contributed by atoms with Gasteiger partial charge in [-0.1, -0.05) is 42.5 Å². The number of nitrogens with zero attached hydrogens (tertiary/aromatic N) is 2. The third-order valence-corrected chi connectivity index (χ3v) is 3.47. The number of rotatable bonds is 5. The lowest BCUT2D eigenvalue weighted by atomic mass is 10.1. The lowest BCUT2D eigenvalue weighted by Gasteiger charge is -2.16. The number of nitriles is 1. The van der Waals surface area contributed by atoms with Crippen molar-refractivity contribution in [2.75, 3.05) is 12.4 Å². The standard InChI is InChI=1S/C19H16F3N3O/c1-25(12-14-7-3-2-4-8-14)13-15(11-23)18(26)24-17-10-6-5-9-16(17)19(20,21)22/h2-10,13H,12H2,1H3,(H,24,26)/b15-13-. The van der Waals surface area contributed by atoms with Crippen LogP contribution in [0, 0.1) is 11.3 Å². The smallest absolute Gasteiger partial charge is 0.375 e. The third-order valence-electron chi connectivity index (χ3n) is 3.47. The van der Waals surface area contributed by atoms with Gasteiger partial charge in [0, 0.05) is 19.8 Å². The minimum absolute atomic E-state index is 0.291. The Kier molecular flexibility index (Phi) is 6.02. The maximum atomic E-state index is 13.0. The van der Waals surface area contributed by atoms with Crippen molar-refractivity contribution in [3.63, 3.8) is 0 Å². The predicted molar refractivity (Wildman–Crippen MR) is 91.7 cm³/mol. The van der Waals surface area contributed by atoms with Crippen molar-refractivity contribution < 1.29 is 18.0 Å². The normalized spacial score (nSPS) is 11.6. The van der Waals surface area contributed by atoms with Crippen LogP contribution in [0.15, 0.2) is 66.4 Å². The minimum Gasteiger partial charge on any atom is -0.375 e. The van der Waals surface area contributed by atoms with Crippen LogP contribution in [0.1, 0.15) is 11.1 Å². The molecule has 0 aliphatic heterocycles. The van der Waals surface area contributed by atoms with Crippen molar-refractivity contribution in [1.29, 1.82) is 5.26 Å². The van der Waals surface area contributed by atoms with Crippen LogP contribution in [0.2, 0.25) is 0 Å². The summed E-state index contributed by atoms with van der Waals surface area (Å²) in [5.74, 6) is -0.899. The summed E-state index contributed by atoms with van der Waals surface area (Å²) in [7, 11) is 1.67. The highest BCUT2D eigenvalue weighted by atomic mass is 19.4. The maximum absolute atomic E-state index is 13.0. The summed E-state index contributed by atoms with van der Waals surface area (Å²) in [4.78, 5) is 13.8. The quantitative estimate of drug-likeness (QED) is 0.643. The van der Waals surface area contributed by atoms with E-state index in [0.717, 1.165) is 17.7 Å². The topological polar surface area (TPSA) is 56.1 Å². The van der Waals surface area contributed by atoms with Gasteiger partial charge in [-0.05, 0) is 17.7 Å². The summed E-state index contributed by atoms with van der Waals surface area (Å²) in [6, 6.07) is 15.7. The molecule has 134 valence electrons. The Morgan fingerprint density at radius 3 is 2.38 bits per heavy atom. The van der Waals surface area contributed by atoms with Crippen LogP contribution in [-0.2, 0) is 17.5 Å². The number of carbonyl (C=O) groups excluding carboxylic acids is 1. The number of halogens is 3. The van der Waals surface area contributed by atoms with Crippen molar-refractivity contribution in [1.82, 2.24) is 4.90 Å². The summed E-state index contributed by atoms with van der Waals surface area (Å²) in [5, 5.41) is 11.4. The summed E-state index contributed by atoms with van der Waals surface area (Å²) >= 11 is 0. The van der Waals surface area contributed by atoms with Crippen LogP contribution in [0.5, 0.6) is 0 Å². The molecule has 2 aromatic rings. The molecule has 0 spiro atoms. The average Bonchev–Trinajstić information content (AvgIpc) is 2.60. The molecule has 0 heterocycles. The Morgan fingerprint density at radius 2 is 1.77 bits per heavy atom. The molecule has 0 aliphatic carbocycles. The van der Waals surface area contributed by atoms with Gasteiger partial charge in [-0.2, -0.15) is 18.4 Å². The first-order chi connectivity index (χ1) is 12.3. The average molecular weight is 359 g/mol. The van der Waals surface area contributed by atoms with Crippen molar-refractivity contribution in [2.24, 2.45) is 0 Å². The van der Waals surface area contributed by atoms with Gasteiger partial charge in [-0.25, -0.2) is 0 Å². The number of carbonyl (C=O) groups is 1. The van der Waals surface area contributed by atoms with E-state index < -0.39 is 23.3 Å². The second-order valence-electron chi connectivity index (χ2n) is 5.55. The number of para-hydroxylation sites is 1. The summed E-state index contributed by atoms with van der Waals surface area (Å²) < 4.78 is 39.0. The third kappa shape index (κ3) is 5.11. The molecule has 0 fully saturated rings. The highest BCUT2D eigenvalue weighted by Gasteiger charge is 2.33. The molecule has 0 unspecified atom stereocenters. The van der Waals surface area contributed by atoms with Gasteiger partial charge >= 0.3 is 6.18 Å². The second-order valence-corrected chi connectivity index (χ2v) is 5.55. The highest BCUT2D eigenvalue weighted by molar-refractivity contribution is 6.06.